The highest BCUT2D eigenvalue weighted by atomic mass is 16.3. The highest BCUT2D eigenvalue weighted by Gasteiger charge is 2.47. The van der Waals surface area contributed by atoms with Gasteiger partial charge in [-0.2, -0.15) is 0 Å². The molecule has 0 unspecified atom stereocenters. The van der Waals surface area contributed by atoms with Crippen LogP contribution in [0.5, 0.6) is 0 Å². The number of rotatable bonds is 7. The van der Waals surface area contributed by atoms with Crippen molar-refractivity contribution < 1.29 is 4.42 Å². The third-order valence-electron chi connectivity index (χ3n) is 12.7. The van der Waals surface area contributed by atoms with Crippen LogP contribution in [0.2, 0.25) is 0 Å². The van der Waals surface area contributed by atoms with Crippen LogP contribution in [0, 0.1) is 0 Å². The van der Waals surface area contributed by atoms with Gasteiger partial charge in [0.25, 0.3) is 0 Å². The lowest BCUT2D eigenvalue weighted by Gasteiger charge is -2.34. The Kier molecular flexibility index (Phi) is 8.11. The van der Waals surface area contributed by atoms with E-state index in [9.17, 15) is 0 Å². The van der Waals surface area contributed by atoms with Gasteiger partial charge in [-0.3, -0.25) is 0 Å². The van der Waals surface area contributed by atoms with Gasteiger partial charge >= 0.3 is 0 Å². The van der Waals surface area contributed by atoms with Crippen LogP contribution in [0.1, 0.15) is 22.3 Å². The molecular weight excluding hydrogens is 739 g/mol. The summed E-state index contributed by atoms with van der Waals surface area (Å²) in [4.78, 5) is 2.42. The maximum Gasteiger partial charge on any atom is 0.137 e. The molecule has 0 amide bonds. The van der Waals surface area contributed by atoms with Crippen LogP contribution in [0.4, 0.5) is 17.1 Å². The minimum Gasteiger partial charge on any atom is -0.456 e. The van der Waals surface area contributed by atoms with E-state index in [0.29, 0.717) is 0 Å². The lowest BCUT2D eigenvalue weighted by molar-refractivity contribution is 0.669. The van der Waals surface area contributed by atoms with Crippen molar-refractivity contribution in [3.8, 4) is 33.4 Å². The van der Waals surface area contributed by atoms with E-state index in [2.05, 4.69) is 229 Å². The number of furan rings is 1. The molecule has 0 radical (unpaired) electrons. The summed E-state index contributed by atoms with van der Waals surface area (Å²) >= 11 is 0. The topological polar surface area (TPSA) is 16.4 Å². The average Bonchev–Trinajstić information content (AvgIpc) is 3.86. The Labute approximate surface area is 355 Å². The molecule has 0 bridgehead atoms. The molecule has 1 aliphatic carbocycles. The van der Waals surface area contributed by atoms with E-state index in [1.165, 1.54) is 60.8 Å². The Morgan fingerprint density at radius 2 is 0.934 bits per heavy atom. The first-order chi connectivity index (χ1) is 30.2. The van der Waals surface area contributed by atoms with Crippen molar-refractivity contribution in [1.82, 2.24) is 0 Å². The zero-order valence-electron chi connectivity index (χ0n) is 33.4. The molecule has 12 rings (SSSR count). The second-order valence-corrected chi connectivity index (χ2v) is 16.0. The van der Waals surface area contributed by atoms with E-state index < -0.39 is 5.41 Å². The van der Waals surface area contributed by atoms with Gasteiger partial charge in [0.2, 0.25) is 0 Å². The predicted molar refractivity (Wildman–Crippen MR) is 254 cm³/mol. The Hall–Kier alpha value is -7.94. The number of hydrogen-bond donors (Lipinski definition) is 0. The van der Waals surface area contributed by atoms with Crippen molar-refractivity contribution in [2.75, 3.05) is 4.90 Å². The van der Waals surface area contributed by atoms with Crippen molar-refractivity contribution in [2.45, 2.75) is 5.41 Å². The van der Waals surface area contributed by atoms with E-state index in [-0.39, 0.29) is 0 Å². The maximum absolute atomic E-state index is 6.53. The maximum atomic E-state index is 6.53. The molecule has 11 aromatic rings. The quantitative estimate of drug-likeness (QED) is 0.160. The summed E-state index contributed by atoms with van der Waals surface area (Å²) in [5, 5.41) is 4.73. The summed E-state index contributed by atoms with van der Waals surface area (Å²) in [6.45, 7) is 0. The first kappa shape index (κ1) is 35.0. The molecule has 1 heterocycles. The van der Waals surface area contributed by atoms with Gasteiger partial charge in [-0.1, -0.05) is 182 Å². The van der Waals surface area contributed by atoms with Gasteiger partial charge < -0.3 is 9.32 Å². The molecular formula is C59H39NO. The zero-order chi connectivity index (χ0) is 40.3. The van der Waals surface area contributed by atoms with Gasteiger partial charge in [-0.15, -0.1) is 0 Å². The molecule has 2 nitrogen and oxygen atoms in total. The van der Waals surface area contributed by atoms with Crippen LogP contribution in [0.3, 0.4) is 0 Å². The number of benzene rings is 10. The van der Waals surface area contributed by atoms with E-state index in [1.54, 1.807) is 0 Å². The van der Waals surface area contributed by atoms with E-state index >= 15 is 0 Å². The fourth-order valence-corrected chi connectivity index (χ4v) is 9.99. The summed E-state index contributed by atoms with van der Waals surface area (Å²) in [7, 11) is 0. The van der Waals surface area contributed by atoms with Gasteiger partial charge in [0.15, 0.2) is 0 Å². The van der Waals surface area contributed by atoms with E-state index in [0.717, 1.165) is 44.6 Å². The molecule has 0 N–H and O–H groups in total. The number of anilines is 3. The molecule has 1 aromatic heterocycles. The molecule has 0 spiro atoms. The second kappa shape index (κ2) is 14.1. The van der Waals surface area contributed by atoms with Crippen molar-refractivity contribution in [3.63, 3.8) is 0 Å². The van der Waals surface area contributed by atoms with Gasteiger partial charge in [0.1, 0.15) is 11.2 Å². The molecule has 286 valence electrons. The highest BCUT2D eigenvalue weighted by molar-refractivity contribution is 6.07. The third kappa shape index (κ3) is 5.57. The second-order valence-electron chi connectivity index (χ2n) is 16.0. The molecule has 0 aliphatic heterocycles. The first-order valence-electron chi connectivity index (χ1n) is 21.0. The molecule has 61 heavy (non-hydrogen) atoms. The monoisotopic (exact) mass is 777 g/mol. The van der Waals surface area contributed by atoms with Gasteiger partial charge in [-0.25, -0.2) is 0 Å². The molecule has 0 fully saturated rings. The zero-order valence-corrected chi connectivity index (χ0v) is 33.4. The van der Waals surface area contributed by atoms with Gasteiger partial charge in [0, 0.05) is 33.8 Å². The van der Waals surface area contributed by atoms with Gasteiger partial charge in [-0.05, 0) is 109 Å². The summed E-state index contributed by atoms with van der Waals surface area (Å²) in [5.74, 6) is 0. The smallest absolute Gasteiger partial charge is 0.137 e. The summed E-state index contributed by atoms with van der Waals surface area (Å²) in [5.41, 5.74) is 16.7. The Bertz CT molecular complexity index is 3380. The largest absolute Gasteiger partial charge is 0.456 e. The Morgan fingerprint density at radius 3 is 1.74 bits per heavy atom. The lowest BCUT2D eigenvalue weighted by Crippen LogP contribution is -2.28. The first-order valence-corrected chi connectivity index (χ1v) is 21.0. The summed E-state index contributed by atoms with van der Waals surface area (Å²) < 4.78 is 6.53. The van der Waals surface area contributed by atoms with Crippen LogP contribution in [0.15, 0.2) is 241 Å². The van der Waals surface area contributed by atoms with E-state index in [1.807, 2.05) is 12.1 Å². The van der Waals surface area contributed by atoms with Crippen molar-refractivity contribution >= 4 is 49.8 Å². The van der Waals surface area contributed by atoms with Crippen LogP contribution in [-0.2, 0) is 5.41 Å². The fraction of sp³-hybridized carbons (Fsp3) is 0.0169. The summed E-state index contributed by atoms with van der Waals surface area (Å²) in [6.07, 6.45) is 0. The van der Waals surface area contributed by atoms with Crippen molar-refractivity contribution in [3.05, 3.63) is 259 Å². The van der Waals surface area contributed by atoms with Crippen molar-refractivity contribution in [2.24, 2.45) is 0 Å². The Morgan fingerprint density at radius 1 is 0.344 bits per heavy atom. The molecule has 10 aromatic carbocycles. The fourth-order valence-electron chi connectivity index (χ4n) is 9.99. The molecule has 0 atom stereocenters. The number of fused-ring (bicyclic) bond motifs is 7. The summed E-state index contributed by atoms with van der Waals surface area (Å²) in [6, 6.07) is 86.0. The molecule has 2 heteroatoms. The van der Waals surface area contributed by atoms with E-state index in [4.69, 9.17) is 4.42 Å². The van der Waals surface area contributed by atoms with Crippen LogP contribution in [-0.4, -0.2) is 0 Å². The van der Waals surface area contributed by atoms with Crippen molar-refractivity contribution in [1.29, 1.82) is 0 Å². The number of para-hydroxylation sites is 1. The van der Waals surface area contributed by atoms with Gasteiger partial charge in [0.05, 0.1) is 11.1 Å². The standard InChI is InChI=1S/C59H39NO/c1-3-19-46(20-4-1)59(47-21-5-2-6-22-47)53-25-11-9-24-52(53)58-54(59)26-14-27-55(58)60(49-35-36-51-50-23-10-12-28-56(50)61-57(51)39-49)48-33-31-41(32-34-48)43-17-13-18-44(37-43)45-30-29-40-15-7-8-16-42(40)38-45/h1-39H. The Balaban J connectivity index is 1.05. The molecule has 0 saturated carbocycles. The third-order valence-corrected chi connectivity index (χ3v) is 12.7. The highest BCUT2D eigenvalue weighted by Crippen LogP contribution is 2.59. The molecule has 0 saturated heterocycles. The van der Waals surface area contributed by atoms with Crippen LogP contribution < -0.4 is 4.90 Å². The van der Waals surface area contributed by atoms with Crippen LogP contribution in [0.25, 0.3) is 66.1 Å². The lowest BCUT2D eigenvalue weighted by atomic mass is 9.68. The number of hydrogen-bond acceptors (Lipinski definition) is 2. The van der Waals surface area contributed by atoms with Crippen LogP contribution >= 0.6 is 0 Å². The minimum atomic E-state index is -0.515. The average molecular weight is 778 g/mol. The molecule has 1 aliphatic rings. The normalized spacial score (nSPS) is 12.7. The number of nitrogens with zero attached hydrogens (tertiary/aromatic N) is 1. The SMILES string of the molecule is c1ccc(C2(c3ccccc3)c3ccccc3-c3c(N(c4ccc(-c5cccc(-c6ccc7ccccc7c6)c5)cc4)c4ccc5c(c4)oc4ccccc45)cccc32)cc1. The minimum absolute atomic E-state index is 0.515. The predicted octanol–water partition coefficient (Wildman–Crippen LogP) is 15.9.